The van der Waals surface area contributed by atoms with Crippen molar-refractivity contribution in [2.24, 2.45) is 0 Å². The van der Waals surface area contributed by atoms with E-state index in [1.54, 1.807) is 11.3 Å². The summed E-state index contributed by atoms with van der Waals surface area (Å²) >= 11 is 1.57. The first-order chi connectivity index (χ1) is 5.65. The molecule has 3 nitrogen and oxygen atoms in total. The average Bonchev–Trinajstić information content (AvgIpc) is 2.30. The Labute approximate surface area is 77.0 Å². The van der Waals surface area contributed by atoms with E-state index < -0.39 is 0 Å². The van der Waals surface area contributed by atoms with Crippen molar-refractivity contribution >= 4 is 16.5 Å². The van der Waals surface area contributed by atoms with E-state index in [-0.39, 0.29) is 0 Å². The Morgan fingerprint density at radius 1 is 1.67 bits per heavy atom. The number of hydrogen-bond acceptors (Lipinski definition) is 4. The van der Waals surface area contributed by atoms with Crippen LogP contribution < -0.4 is 11.1 Å². The van der Waals surface area contributed by atoms with Gasteiger partial charge in [-0.25, -0.2) is 4.98 Å². The Morgan fingerprint density at radius 3 is 2.75 bits per heavy atom. The van der Waals surface area contributed by atoms with Crippen LogP contribution in [-0.4, -0.2) is 11.5 Å². The predicted molar refractivity (Wildman–Crippen MR) is 53.4 cm³/mol. The summed E-state index contributed by atoms with van der Waals surface area (Å²) in [6, 6.07) is 0.366. The Morgan fingerprint density at radius 2 is 2.33 bits per heavy atom. The number of nitrogen functional groups attached to an aromatic ring is 1. The summed E-state index contributed by atoms with van der Waals surface area (Å²) in [5, 5.41) is 3.99. The van der Waals surface area contributed by atoms with Crippen molar-refractivity contribution < 1.29 is 0 Å². The van der Waals surface area contributed by atoms with Gasteiger partial charge in [0.15, 0.2) is 5.13 Å². The number of thiazole rings is 1. The van der Waals surface area contributed by atoms with Gasteiger partial charge >= 0.3 is 0 Å². The van der Waals surface area contributed by atoms with E-state index in [2.05, 4.69) is 24.1 Å². The van der Waals surface area contributed by atoms with Crippen LogP contribution in [0, 0.1) is 6.92 Å². The summed E-state index contributed by atoms with van der Waals surface area (Å²) in [6.07, 6.45) is 0. The first-order valence-electron chi connectivity index (χ1n) is 4.11. The molecule has 0 aromatic carbocycles. The van der Waals surface area contributed by atoms with Gasteiger partial charge in [0.25, 0.3) is 0 Å². The van der Waals surface area contributed by atoms with Crippen molar-refractivity contribution in [3.05, 3.63) is 10.6 Å². The van der Waals surface area contributed by atoms with E-state index in [1.165, 1.54) is 4.88 Å². The maximum atomic E-state index is 5.59. The zero-order chi connectivity index (χ0) is 9.14. The zero-order valence-corrected chi connectivity index (χ0v) is 8.53. The maximum absolute atomic E-state index is 5.59. The van der Waals surface area contributed by atoms with Gasteiger partial charge in [0.05, 0.1) is 5.69 Å². The van der Waals surface area contributed by atoms with Crippen molar-refractivity contribution in [2.45, 2.75) is 26.8 Å². The highest BCUT2D eigenvalue weighted by Crippen LogP contribution is 2.25. The van der Waals surface area contributed by atoms with E-state index in [4.69, 9.17) is 5.73 Å². The second-order valence-corrected chi connectivity index (χ2v) is 3.84. The summed E-state index contributed by atoms with van der Waals surface area (Å²) in [6.45, 7) is 7.19. The highest BCUT2D eigenvalue weighted by atomic mass is 32.1. The lowest BCUT2D eigenvalue weighted by Gasteiger charge is -2.09. The highest BCUT2D eigenvalue weighted by Gasteiger charge is 2.11. The minimum atomic E-state index is 0.366. The van der Waals surface area contributed by atoms with Crippen molar-refractivity contribution in [1.82, 2.24) is 10.3 Å². The maximum Gasteiger partial charge on any atom is 0.180 e. The van der Waals surface area contributed by atoms with Crippen LogP contribution >= 0.6 is 11.3 Å². The van der Waals surface area contributed by atoms with Crippen molar-refractivity contribution in [2.75, 3.05) is 12.3 Å². The van der Waals surface area contributed by atoms with Crippen LogP contribution in [0.25, 0.3) is 0 Å². The first kappa shape index (κ1) is 9.48. The highest BCUT2D eigenvalue weighted by molar-refractivity contribution is 7.15. The van der Waals surface area contributed by atoms with Crippen LogP contribution in [0.5, 0.6) is 0 Å². The molecule has 1 unspecified atom stereocenters. The fourth-order valence-electron chi connectivity index (χ4n) is 1.23. The summed E-state index contributed by atoms with van der Waals surface area (Å²) in [5.74, 6) is 0. The van der Waals surface area contributed by atoms with Crippen LogP contribution in [0.4, 0.5) is 5.13 Å². The number of nitrogens with two attached hydrogens (primary N) is 1. The molecular formula is C8H15N3S. The summed E-state index contributed by atoms with van der Waals surface area (Å²) in [4.78, 5) is 5.42. The lowest BCUT2D eigenvalue weighted by molar-refractivity contribution is 0.603. The van der Waals surface area contributed by atoms with Gasteiger partial charge < -0.3 is 11.1 Å². The van der Waals surface area contributed by atoms with Crippen LogP contribution in [-0.2, 0) is 0 Å². The van der Waals surface area contributed by atoms with Gasteiger partial charge in [-0.3, -0.25) is 0 Å². The smallest absolute Gasteiger partial charge is 0.180 e. The number of rotatable bonds is 3. The normalized spacial score (nSPS) is 13.2. The molecule has 0 spiro atoms. The second kappa shape index (κ2) is 3.87. The fraction of sp³-hybridized carbons (Fsp3) is 0.625. The Hall–Kier alpha value is -0.610. The summed E-state index contributed by atoms with van der Waals surface area (Å²) < 4.78 is 0. The van der Waals surface area contributed by atoms with Gasteiger partial charge in [-0.15, -0.1) is 11.3 Å². The lowest BCUT2D eigenvalue weighted by atomic mass is 10.2. The van der Waals surface area contributed by atoms with E-state index in [0.717, 1.165) is 12.2 Å². The molecule has 1 aromatic rings. The molecule has 0 saturated heterocycles. The SMILES string of the molecule is CCNC(C)c1sc(N)nc1C. The first-order valence-corrected chi connectivity index (χ1v) is 4.93. The monoisotopic (exact) mass is 185 g/mol. The molecule has 0 aliphatic carbocycles. The minimum Gasteiger partial charge on any atom is -0.375 e. The quantitative estimate of drug-likeness (QED) is 0.753. The Kier molecular flexibility index (Phi) is 3.05. The molecule has 12 heavy (non-hydrogen) atoms. The van der Waals surface area contributed by atoms with Crippen molar-refractivity contribution in [3.8, 4) is 0 Å². The molecular weight excluding hydrogens is 170 g/mol. The topological polar surface area (TPSA) is 50.9 Å². The number of nitrogens with one attached hydrogen (secondary N) is 1. The third-order valence-electron chi connectivity index (χ3n) is 1.75. The zero-order valence-electron chi connectivity index (χ0n) is 7.72. The molecule has 0 radical (unpaired) electrons. The van der Waals surface area contributed by atoms with Crippen LogP contribution in [0.3, 0.4) is 0 Å². The summed E-state index contributed by atoms with van der Waals surface area (Å²) in [5.41, 5.74) is 6.64. The van der Waals surface area contributed by atoms with Crippen LogP contribution in [0.15, 0.2) is 0 Å². The number of nitrogens with zero attached hydrogens (tertiary/aromatic N) is 1. The second-order valence-electron chi connectivity index (χ2n) is 2.78. The average molecular weight is 185 g/mol. The van der Waals surface area contributed by atoms with Gasteiger partial charge in [-0.05, 0) is 20.4 Å². The molecule has 0 aliphatic rings. The molecule has 0 saturated carbocycles. The molecule has 1 atom stereocenters. The van der Waals surface area contributed by atoms with E-state index in [0.29, 0.717) is 11.2 Å². The molecule has 1 heterocycles. The minimum absolute atomic E-state index is 0.366. The van der Waals surface area contributed by atoms with Crippen LogP contribution in [0.2, 0.25) is 0 Å². The molecule has 4 heteroatoms. The molecule has 68 valence electrons. The van der Waals surface area contributed by atoms with Gasteiger partial charge in [0.2, 0.25) is 0 Å². The summed E-state index contributed by atoms with van der Waals surface area (Å²) in [7, 11) is 0. The number of aryl methyl sites for hydroxylation is 1. The van der Waals surface area contributed by atoms with Gasteiger partial charge in [-0.1, -0.05) is 6.92 Å². The fourth-order valence-corrected chi connectivity index (χ4v) is 2.09. The van der Waals surface area contributed by atoms with Crippen molar-refractivity contribution in [3.63, 3.8) is 0 Å². The molecule has 0 fully saturated rings. The third-order valence-corrected chi connectivity index (χ3v) is 2.92. The number of aromatic nitrogens is 1. The third kappa shape index (κ3) is 1.95. The number of hydrogen-bond donors (Lipinski definition) is 2. The van der Waals surface area contributed by atoms with Crippen LogP contribution in [0.1, 0.15) is 30.5 Å². The molecule has 1 rings (SSSR count). The Balaban J connectivity index is 2.79. The Bertz CT molecular complexity index is 257. The lowest BCUT2D eigenvalue weighted by Crippen LogP contribution is -2.17. The van der Waals surface area contributed by atoms with Gasteiger partial charge in [0, 0.05) is 10.9 Å². The van der Waals surface area contributed by atoms with E-state index in [1.807, 2.05) is 6.92 Å². The molecule has 0 bridgehead atoms. The van der Waals surface area contributed by atoms with Crippen molar-refractivity contribution in [1.29, 1.82) is 0 Å². The molecule has 1 aromatic heterocycles. The standard InChI is InChI=1S/C8H15N3S/c1-4-10-5(2)7-6(3)11-8(9)12-7/h5,10H,4H2,1-3H3,(H2,9,11). The molecule has 0 aliphatic heterocycles. The molecule has 3 N–H and O–H groups in total. The number of anilines is 1. The van der Waals surface area contributed by atoms with Gasteiger partial charge in [-0.2, -0.15) is 0 Å². The largest absolute Gasteiger partial charge is 0.375 e. The van der Waals surface area contributed by atoms with E-state index in [9.17, 15) is 0 Å². The predicted octanol–water partition coefficient (Wildman–Crippen LogP) is 1.70. The van der Waals surface area contributed by atoms with E-state index >= 15 is 0 Å². The molecule has 0 amide bonds. The van der Waals surface area contributed by atoms with Gasteiger partial charge in [0.1, 0.15) is 0 Å².